The van der Waals surface area contributed by atoms with Crippen molar-refractivity contribution in [1.82, 2.24) is 29.8 Å². The summed E-state index contributed by atoms with van der Waals surface area (Å²) in [6.45, 7) is 8.83. The van der Waals surface area contributed by atoms with E-state index in [2.05, 4.69) is 31.2 Å². The number of hydrogen-bond acceptors (Lipinski definition) is 8. The predicted molar refractivity (Wildman–Crippen MR) is 136 cm³/mol. The number of halogens is 2. The quantitative estimate of drug-likeness (QED) is 0.463. The number of β-amino-alcohol motifs (C(OH)–C–C–N with tert-alkyl or cyclic N) is 1. The molecule has 0 spiro atoms. The maximum Gasteiger partial charge on any atom is 0.170 e. The summed E-state index contributed by atoms with van der Waals surface area (Å²) in [4.78, 5) is 9.23. The van der Waals surface area contributed by atoms with Crippen LogP contribution < -0.4 is 4.74 Å². The van der Waals surface area contributed by atoms with E-state index in [0.29, 0.717) is 12.1 Å². The molecule has 1 fully saturated rings. The van der Waals surface area contributed by atoms with E-state index >= 15 is 0 Å². The summed E-state index contributed by atoms with van der Waals surface area (Å²) in [5.74, 6) is 0.866. The highest BCUT2D eigenvalue weighted by Gasteiger charge is 2.16. The maximum atomic E-state index is 9.44. The summed E-state index contributed by atoms with van der Waals surface area (Å²) < 4.78 is 7.68. The number of rotatable bonds is 8. The Balaban J connectivity index is 0.00000204. The molecule has 0 aliphatic carbocycles. The Kier molecular flexibility index (Phi) is 10.5. The lowest BCUT2D eigenvalue weighted by Gasteiger charge is -2.34. The molecule has 2 aromatic heterocycles. The molecule has 0 unspecified atom stereocenters. The molecule has 3 heterocycles. The van der Waals surface area contributed by atoms with Crippen molar-refractivity contribution in [3.05, 3.63) is 35.5 Å². The van der Waals surface area contributed by atoms with Crippen LogP contribution in [0.25, 0.3) is 22.3 Å². The van der Waals surface area contributed by atoms with Gasteiger partial charge < -0.3 is 14.7 Å². The Labute approximate surface area is 212 Å². The number of aliphatic hydroxyl groups is 1. The van der Waals surface area contributed by atoms with Crippen LogP contribution in [0.15, 0.2) is 24.3 Å². The van der Waals surface area contributed by atoms with Crippen LogP contribution >= 0.6 is 24.8 Å². The standard InChI is InChI=1S/C23H29N7O2.2ClH/c1-17-14-18(19-15-21-23(20(16-24)25-19)26-27-28(21)2)4-5-22(17)32-13-3-6-29-7-9-30(10-8-29)11-12-31;;/h4-5,14-15,31H,3,6-13H2,1-2H3;2*1H. The first-order chi connectivity index (χ1) is 15.6. The van der Waals surface area contributed by atoms with Crippen molar-refractivity contribution in [3.8, 4) is 23.1 Å². The summed E-state index contributed by atoms with van der Waals surface area (Å²) in [5, 5.41) is 26.5. The summed E-state index contributed by atoms with van der Waals surface area (Å²) in [6, 6.07) is 10.0. The topological polar surface area (TPSA) is 103 Å². The fraction of sp³-hybridized carbons (Fsp3) is 0.478. The third kappa shape index (κ3) is 6.34. The summed E-state index contributed by atoms with van der Waals surface area (Å²) in [5.41, 5.74) is 4.25. The summed E-state index contributed by atoms with van der Waals surface area (Å²) in [7, 11) is 1.80. The molecule has 0 amide bonds. The number of fused-ring (bicyclic) bond motifs is 1. The SMILES string of the molecule is Cc1cc(-c2cc3c(nnn3C)c(C#N)n2)ccc1OCCCN1CCN(CCO)CC1.Cl.Cl. The number of hydrogen-bond donors (Lipinski definition) is 1. The molecule has 3 aromatic rings. The number of benzene rings is 1. The Hall–Kier alpha value is -2.48. The molecule has 0 atom stereocenters. The molecule has 1 saturated heterocycles. The molecular formula is C23H31Cl2N7O2. The molecule has 1 aliphatic heterocycles. The van der Waals surface area contributed by atoms with Crippen LogP contribution in [0.3, 0.4) is 0 Å². The van der Waals surface area contributed by atoms with Gasteiger partial charge in [-0.2, -0.15) is 5.26 Å². The average Bonchev–Trinajstić information content (AvgIpc) is 3.19. The van der Waals surface area contributed by atoms with Gasteiger partial charge in [0.25, 0.3) is 0 Å². The molecule has 1 aliphatic rings. The first kappa shape index (κ1) is 27.8. The van der Waals surface area contributed by atoms with E-state index in [1.165, 1.54) is 0 Å². The van der Waals surface area contributed by atoms with E-state index in [-0.39, 0.29) is 37.1 Å². The molecule has 11 heteroatoms. The van der Waals surface area contributed by atoms with E-state index < -0.39 is 0 Å². The smallest absolute Gasteiger partial charge is 0.170 e. The molecule has 34 heavy (non-hydrogen) atoms. The minimum atomic E-state index is 0. The molecule has 1 aromatic carbocycles. The van der Waals surface area contributed by atoms with E-state index in [1.54, 1.807) is 11.7 Å². The van der Waals surface area contributed by atoms with E-state index in [9.17, 15) is 5.26 Å². The van der Waals surface area contributed by atoms with Crippen molar-refractivity contribution >= 4 is 35.8 Å². The highest BCUT2D eigenvalue weighted by molar-refractivity contribution is 5.86. The van der Waals surface area contributed by atoms with Crippen LogP contribution in [-0.4, -0.2) is 87.4 Å². The zero-order valence-corrected chi connectivity index (χ0v) is 21.1. The van der Waals surface area contributed by atoms with Crippen molar-refractivity contribution < 1.29 is 9.84 Å². The summed E-state index contributed by atoms with van der Waals surface area (Å²) >= 11 is 0. The van der Waals surface area contributed by atoms with Crippen LogP contribution in [0.2, 0.25) is 0 Å². The normalized spacial score (nSPS) is 14.3. The second-order valence-electron chi connectivity index (χ2n) is 8.14. The van der Waals surface area contributed by atoms with Gasteiger partial charge in [0.2, 0.25) is 0 Å². The van der Waals surface area contributed by atoms with Gasteiger partial charge in [0.05, 0.1) is 24.4 Å². The fourth-order valence-electron chi connectivity index (χ4n) is 4.07. The van der Waals surface area contributed by atoms with Crippen molar-refractivity contribution in [2.45, 2.75) is 13.3 Å². The number of aromatic nitrogens is 4. The van der Waals surface area contributed by atoms with E-state index in [4.69, 9.17) is 9.84 Å². The number of nitrogens with zero attached hydrogens (tertiary/aromatic N) is 7. The van der Waals surface area contributed by atoms with Crippen LogP contribution in [0.5, 0.6) is 5.75 Å². The Morgan fingerprint density at radius 2 is 1.79 bits per heavy atom. The highest BCUT2D eigenvalue weighted by Crippen LogP contribution is 2.28. The maximum absolute atomic E-state index is 9.44. The van der Waals surface area contributed by atoms with Gasteiger partial charge in [0, 0.05) is 51.9 Å². The predicted octanol–water partition coefficient (Wildman–Crippen LogP) is 2.43. The van der Waals surface area contributed by atoms with Gasteiger partial charge in [-0.25, -0.2) is 9.67 Å². The Morgan fingerprint density at radius 3 is 2.44 bits per heavy atom. The number of ether oxygens (including phenoxy) is 1. The molecule has 9 nitrogen and oxygen atoms in total. The van der Waals surface area contributed by atoms with Gasteiger partial charge in [0.15, 0.2) is 5.69 Å². The van der Waals surface area contributed by atoms with Gasteiger partial charge in [-0.15, -0.1) is 29.9 Å². The lowest BCUT2D eigenvalue weighted by molar-refractivity contribution is 0.108. The molecule has 184 valence electrons. The van der Waals surface area contributed by atoms with Crippen LogP contribution in [-0.2, 0) is 7.05 Å². The largest absolute Gasteiger partial charge is 0.493 e. The van der Waals surface area contributed by atoms with Crippen LogP contribution in [0.4, 0.5) is 0 Å². The van der Waals surface area contributed by atoms with Crippen molar-refractivity contribution in [2.75, 3.05) is 52.5 Å². The minimum Gasteiger partial charge on any atom is -0.493 e. The molecule has 0 bridgehead atoms. The second kappa shape index (κ2) is 12.8. The van der Waals surface area contributed by atoms with Crippen LogP contribution in [0.1, 0.15) is 17.7 Å². The zero-order chi connectivity index (χ0) is 22.5. The summed E-state index contributed by atoms with van der Waals surface area (Å²) in [6.07, 6.45) is 0.971. The first-order valence-electron chi connectivity index (χ1n) is 11.0. The third-order valence-corrected chi connectivity index (χ3v) is 5.93. The molecule has 4 rings (SSSR count). The number of nitriles is 1. The van der Waals surface area contributed by atoms with E-state index in [0.717, 1.165) is 73.8 Å². The number of aliphatic hydroxyl groups excluding tert-OH is 1. The molecule has 0 radical (unpaired) electrons. The molecular weight excluding hydrogens is 477 g/mol. The molecule has 1 N–H and O–H groups in total. The van der Waals surface area contributed by atoms with E-state index in [1.807, 2.05) is 31.2 Å². The van der Waals surface area contributed by atoms with Crippen molar-refractivity contribution in [1.29, 1.82) is 5.26 Å². The van der Waals surface area contributed by atoms with Crippen LogP contribution in [0, 0.1) is 18.3 Å². The Morgan fingerprint density at radius 1 is 1.09 bits per heavy atom. The highest BCUT2D eigenvalue weighted by atomic mass is 35.5. The molecule has 0 saturated carbocycles. The third-order valence-electron chi connectivity index (χ3n) is 5.93. The average molecular weight is 508 g/mol. The van der Waals surface area contributed by atoms with Gasteiger partial charge in [-0.3, -0.25) is 4.90 Å². The van der Waals surface area contributed by atoms with Gasteiger partial charge >= 0.3 is 0 Å². The lowest BCUT2D eigenvalue weighted by atomic mass is 10.1. The van der Waals surface area contributed by atoms with Gasteiger partial charge in [-0.1, -0.05) is 5.21 Å². The fourth-order valence-corrected chi connectivity index (χ4v) is 4.07. The number of piperazine rings is 1. The zero-order valence-electron chi connectivity index (χ0n) is 19.5. The minimum absolute atomic E-state index is 0. The number of aryl methyl sites for hydroxylation is 2. The van der Waals surface area contributed by atoms with Gasteiger partial charge in [0.1, 0.15) is 17.3 Å². The Bertz CT molecular complexity index is 1120. The monoisotopic (exact) mass is 507 g/mol. The van der Waals surface area contributed by atoms with Crippen molar-refractivity contribution in [2.24, 2.45) is 7.05 Å². The first-order valence-corrected chi connectivity index (χ1v) is 11.0. The lowest BCUT2D eigenvalue weighted by Crippen LogP contribution is -2.47. The number of pyridine rings is 1. The second-order valence-corrected chi connectivity index (χ2v) is 8.14. The van der Waals surface area contributed by atoms with Crippen molar-refractivity contribution in [3.63, 3.8) is 0 Å². The van der Waals surface area contributed by atoms with Gasteiger partial charge in [-0.05, 0) is 43.2 Å².